The van der Waals surface area contributed by atoms with Crippen LogP contribution in [0.2, 0.25) is 0 Å². The molecule has 0 amide bonds. The molecule has 154 valence electrons. The van der Waals surface area contributed by atoms with Gasteiger partial charge in [0.15, 0.2) is 11.0 Å². The van der Waals surface area contributed by atoms with Crippen LogP contribution in [0.1, 0.15) is 13.8 Å². The van der Waals surface area contributed by atoms with Crippen molar-refractivity contribution in [3.05, 3.63) is 54.6 Å². The Labute approximate surface area is 175 Å². The van der Waals surface area contributed by atoms with Gasteiger partial charge in [0.05, 0.1) is 13.2 Å². The fourth-order valence-corrected chi connectivity index (χ4v) is 3.66. The van der Waals surface area contributed by atoms with Crippen LogP contribution >= 0.6 is 11.8 Å². The smallest absolute Gasteiger partial charge is 0.191 e. The van der Waals surface area contributed by atoms with E-state index in [9.17, 15) is 5.11 Å². The van der Waals surface area contributed by atoms with E-state index in [1.54, 1.807) is 7.11 Å². The second-order valence-electron chi connectivity index (χ2n) is 7.13. The van der Waals surface area contributed by atoms with Crippen LogP contribution in [0.25, 0.3) is 11.4 Å². The lowest BCUT2D eigenvalue weighted by atomic mass is 10.2. The second kappa shape index (κ2) is 10.3. The summed E-state index contributed by atoms with van der Waals surface area (Å²) in [6.45, 7) is 5.36. The zero-order valence-corrected chi connectivity index (χ0v) is 17.8. The first-order valence-corrected chi connectivity index (χ1v) is 10.6. The van der Waals surface area contributed by atoms with E-state index in [0.717, 1.165) is 34.6 Å². The number of rotatable bonds is 10. The molecule has 0 radical (unpaired) electrons. The molecule has 0 saturated heterocycles. The molecular formula is C22H27N3O3S. The first kappa shape index (κ1) is 21.2. The molecule has 0 saturated carbocycles. The van der Waals surface area contributed by atoms with E-state index in [1.807, 2.05) is 54.6 Å². The third-order valence-corrected chi connectivity index (χ3v) is 5.31. The van der Waals surface area contributed by atoms with Crippen LogP contribution in [0.5, 0.6) is 11.5 Å². The summed E-state index contributed by atoms with van der Waals surface area (Å²) in [4.78, 5) is 0. The minimum atomic E-state index is -0.603. The Balaban J connectivity index is 1.67. The number of hydrogen-bond donors (Lipinski definition) is 1. The molecule has 0 fully saturated rings. The van der Waals surface area contributed by atoms with Crippen molar-refractivity contribution in [1.29, 1.82) is 0 Å². The highest BCUT2D eigenvalue weighted by molar-refractivity contribution is 7.99. The molecule has 0 unspecified atom stereocenters. The van der Waals surface area contributed by atoms with E-state index < -0.39 is 6.10 Å². The van der Waals surface area contributed by atoms with Crippen LogP contribution in [0.3, 0.4) is 0 Å². The van der Waals surface area contributed by atoms with E-state index in [-0.39, 0.29) is 6.61 Å². The number of para-hydroxylation sites is 1. The van der Waals surface area contributed by atoms with Gasteiger partial charge < -0.3 is 19.1 Å². The number of aliphatic hydroxyl groups is 1. The molecule has 0 aliphatic carbocycles. The van der Waals surface area contributed by atoms with Gasteiger partial charge in [0.1, 0.15) is 18.1 Å². The highest BCUT2D eigenvalue weighted by atomic mass is 32.2. The van der Waals surface area contributed by atoms with Crippen molar-refractivity contribution in [2.75, 3.05) is 19.5 Å². The van der Waals surface area contributed by atoms with Gasteiger partial charge in [-0.3, -0.25) is 0 Å². The molecule has 1 aromatic heterocycles. The number of aliphatic hydroxyl groups excluding tert-OH is 1. The Kier molecular flexibility index (Phi) is 7.55. The van der Waals surface area contributed by atoms with Gasteiger partial charge in [-0.15, -0.1) is 10.2 Å². The SMILES string of the molecule is COc1ccc(-c2nnc(SC[C@@H](O)COc3ccccc3)n2CC(C)C)cc1. The van der Waals surface area contributed by atoms with E-state index in [0.29, 0.717) is 11.7 Å². The predicted octanol–water partition coefficient (Wildman–Crippen LogP) is 4.14. The van der Waals surface area contributed by atoms with Crippen molar-refractivity contribution >= 4 is 11.8 Å². The zero-order valence-electron chi connectivity index (χ0n) is 17.0. The third kappa shape index (κ3) is 5.98. The maximum atomic E-state index is 10.3. The number of aromatic nitrogens is 3. The maximum Gasteiger partial charge on any atom is 0.191 e. The van der Waals surface area contributed by atoms with Gasteiger partial charge in [-0.25, -0.2) is 0 Å². The minimum absolute atomic E-state index is 0.237. The number of hydrogen-bond acceptors (Lipinski definition) is 6. The molecular weight excluding hydrogens is 386 g/mol. The van der Waals surface area contributed by atoms with Gasteiger partial charge in [0.25, 0.3) is 0 Å². The third-order valence-electron chi connectivity index (χ3n) is 4.20. The van der Waals surface area contributed by atoms with Gasteiger partial charge in [-0.2, -0.15) is 0 Å². The number of ether oxygens (including phenoxy) is 2. The largest absolute Gasteiger partial charge is 0.497 e. The summed E-state index contributed by atoms with van der Waals surface area (Å²) in [7, 11) is 1.65. The second-order valence-corrected chi connectivity index (χ2v) is 8.12. The van der Waals surface area contributed by atoms with Crippen LogP contribution < -0.4 is 9.47 Å². The molecule has 3 aromatic rings. The molecule has 0 aliphatic heterocycles. The number of methoxy groups -OCH3 is 1. The molecule has 7 heteroatoms. The van der Waals surface area contributed by atoms with Crippen LogP contribution in [-0.4, -0.2) is 45.4 Å². The molecule has 1 heterocycles. The van der Waals surface area contributed by atoms with E-state index in [2.05, 4.69) is 28.6 Å². The Morgan fingerprint density at radius 1 is 1.00 bits per heavy atom. The summed E-state index contributed by atoms with van der Waals surface area (Å²) in [5.41, 5.74) is 0.985. The summed E-state index contributed by atoms with van der Waals surface area (Å²) < 4.78 is 13.0. The van der Waals surface area contributed by atoms with E-state index in [4.69, 9.17) is 9.47 Å². The summed E-state index contributed by atoms with van der Waals surface area (Å²) in [6.07, 6.45) is -0.603. The topological polar surface area (TPSA) is 69.4 Å². The molecule has 0 spiro atoms. The summed E-state index contributed by atoms with van der Waals surface area (Å²) >= 11 is 1.49. The fourth-order valence-electron chi connectivity index (χ4n) is 2.81. The number of benzene rings is 2. The molecule has 2 aromatic carbocycles. The molecule has 3 rings (SSSR count). The van der Waals surface area contributed by atoms with Crippen LogP contribution in [-0.2, 0) is 6.54 Å². The van der Waals surface area contributed by atoms with Crippen molar-refractivity contribution in [3.63, 3.8) is 0 Å². The fraction of sp³-hybridized carbons (Fsp3) is 0.364. The van der Waals surface area contributed by atoms with Gasteiger partial charge in [-0.05, 0) is 42.3 Å². The van der Waals surface area contributed by atoms with Gasteiger partial charge in [0.2, 0.25) is 0 Å². The predicted molar refractivity (Wildman–Crippen MR) is 116 cm³/mol. The first-order valence-electron chi connectivity index (χ1n) is 9.63. The van der Waals surface area contributed by atoms with Crippen molar-refractivity contribution < 1.29 is 14.6 Å². The number of thioether (sulfide) groups is 1. The van der Waals surface area contributed by atoms with Gasteiger partial charge >= 0.3 is 0 Å². The average molecular weight is 414 g/mol. The molecule has 1 N–H and O–H groups in total. The maximum absolute atomic E-state index is 10.3. The van der Waals surface area contributed by atoms with Crippen LogP contribution in [0, 0.1) is 5.92 Å². The van der Waals surface area contributed by atoms with E-state index >= 15 is 0 Å². The highest BCUT2D eigenvalue weighted by Crippen LogP contribution is 2.27. The Morgan fingerprint density at radius 3 is 2.38 bits per heavy atom. The Bertz CT molecular complexity index is 882. The van der Waals surface area contributed by atoms with Gasteiger partial charge in [-0.1, -0.05) is 43.8 Å². The molecule has 29 heavy (non-hydrogen) atoms. The lowest BCUT2D eigenvalue weighted by molar-refractivity contribution is 0.126. The summed E-state index contributed by atoms with van der Waals surface area (Å²) in [6, 6.07) is 17.3. The van der Waals surface area contributed by atoms with Crippen molar-refractivity contribution in [2.24, 2.45) is 5.92 Å². The summed E-state index contributed by atoms with van der Waals surface area (Å²) in [5.74, 6) is 3.29. The lowest BCUT2D eigenvalue weighted by Crippen LogP contribution is -2.20. The van der Waals surface area contributed by atoms with Crippen molar-refractivity contribution in [1.82, 2.24) is 14.8 Å². The molecule has 0 bridgehead atoms. The standard InChI is InChI=1S/C22H27N3O3S/c1-16(2)13-25-21(17-9-11-19(27-3)12-10-17)23-24-22(25)29-15-18(26)14-28-20-7-5-4-6-8-20/h4-12,16,18,26H,13-15H2,1-3H3/t18-/m0/s1. The van der Waals surface area contributed by atoms with Crippen molar-refractivity contribution in [2.45, 2.75) is 31.7 Å². The normalized spacial score (nSPS) is 12.2. The Hall–Kier alpha value is -2.51. The van der Waals surface area contributed by atoms with Gasteiger partial charge in [0, 0.05) is 17.9 Å². The zero-order chi connectivity index (χ0) is 20.6. The Morgan fingerprint density at radius 2 is 1.72 bits per heavy atom. The first-order chi connectivity index (χ1) is 14.1. The van der Waals surface area contributed by atoms with E-state index in [1.165, 1.54) is 11.8 Å². The average Bonchev–Trinajstić information content (AvgIpc) is 3.13. The monoisotopic (exact) mass is 413 g/mol. The lowest BCUT2D eigenvalue weighted by Gasteiger charge is -2.14. The highest BCUT2D eigenvalue weighted by Gasteiger charge is 2.17. The summed E-state index contributed by atoms with van der Waals surface area (Å²) in [5, 5.41) is 19.9. The van der Waals surface area contributed by atoms with Crippen LogP contribution in [0.15, 0.2) is 59.8 Å². The molecule has 1 atom stereocenters. The molecule has 0 aliphatic rings. The molecule has 6 nitrogen and oxygen atoms in total. The quantitative estimate of drug-likeness (QED) is 0.504. The number of nitrogens with zero attached hydrogens (tertiary/aromatic N) is 3. The van der Waals surface area contributed by atoms with Crippen molar-refractivity contribution in [3.8, 4) is 22.9 Å². The minimum Gasteiger partial charge on any atom is -0.497 e. The van der Waals surface area contributed by atoms with Crippen LogP contribution in [0.4, 0.5) is 0 Å².